The van der Waals surface area contributed by atoms with Crippen molar-refractivity contribution in [3.8, 4) is 0 Å². The average molecular weight is 935 g/mol. The largest absolute Gasteiger partial charge is 0.394 e. The molecule has 370 valence electrons. The number of rotatable bonds is 15. The topological polar surface area (TPSA) is 439 Å². The van der Waals surface area contributed by atoms with Crippen molar-refractivity contribution in [2.45, 2.75) is 181 Å². The van der Waals surface area contributed by atoms with E-state index >= 15 is 0 Å². The molecule has 0 saturated carbocycles. The Kier molecular flexibility index (Phi) is 18.5. The van der Waals surface area contributed by atoms with Gasteiger partial charge in [-0.15, -0.1) is 0 Å². The Morgan fingerprint density at radius 1 is 0.484 bits per heavy atom. The van der Waals surface area contributed by atoms with Gasteiger partial charge >= 0.3 is 0 Å². The molecule has 0 aromatic heterocycles. The van der Waals surface area contributed by atoms with Crippen LogP contribution in [0, 0.1) is 0 Å². The molecule has 5 fully saturated rings. The van der Waals surface area contributed by atoms with Crippen molar-refractivity contribution in [1.82, 2.24) is 16.0 Å². The molecule has 0 aromatic rings. The predicted octanol–water partition coefficient (Wildman–Crippen LogP) is -10.5. The highest BCUT2D eigenvalue weighted by molar-refractivity contribution is 5.74. The molecule has 0 unspecified atom stereocenters. The maximum absolute atomic E-state index is 12.6. The van der Waals surface area contributed by atoms with E-state index in [0.717, 1.165) is 20.8 Å². The molecule has 3 amide bonds. The highest BCUT2D eigenvalue weighted by atomic mass is 16.8. The van der Waals surface area contributed by atoms with Gasteiger partial charge in [0, 0.05) is 20.8 Å². The summed E-state index contributed by atoms with van der Waals surface area (Å²) in [6.07, 6.45) is -34.8. The molecular weight excluding hydrogens is 872 g/mol. The average Bonchev–Trinajstić information content (AvgIpc) is 3.24. The van der Waals surface area contributed by atoms with Crippen molar-refractivity contribution in [2.24, 2.45) is 5.73 Å². The van der Waals surface area contributed by atoms with E-state index in [1.165, 1.54) is 6.92 Å². The Bertz CT molecular complexity index is 1540. The molecule has 0 spiro atoms. The SMILES string of the molecule is CC(=O)N[C@@H]1[C@@H](O)[C@H](O[C@@H]2O[C@H](CO)[C@@H](O[C@@H]3O[C@H](CO)[C@@H](O[C@@H]4O[C@H](CO)[C@@H](O)[C@H](O)[C@H]4N)[C@H](O)[C@H]3NC(C)=O)[C@H](O)[C@H]2NC(C)=O)[C@@H](CO[C@@H]2O[C@@H](C)[C@@H](O)[C@@H](O)[C@@H]2O)O[C@H]1O. The summed E-state index contributed by atoms with van der Waals surface area (Å²) in [5.74, 6) is -2.24. The fourth-order valence-corrected chi connectivity index (χ4v) is 8.14. The highest BCUT2D eigenvalue weighted by Crippen LogP contribution is 2.35. The van der Waals surface area contributed by atoms with Crippen molar-refractivity contribution in [3.05, 3.63) is 0 Å². The van der Waals surface area contributed by atoms with Crippen molar-refractivity contribution >= 4 is 17.7 Å². The number of carbonyl (C=O) groups is 3. The minimum Gasteiger partial charge on any atom is -0.394 e. The Balaban J connectivity index is 1.39. The van der Waals surface area contributed by atoms with E-state index in [-0.39, 0.29) is 0 Å². The van der Waals surface area contributed by atoms with Gasteiger partial charge in [-0.3, -0.25) is 14.4 Å². The molecule has 28 nitrogen and oxygen atoms in total. The summed E-state index contributed by atoms with van der Waals surface area (Å²) in [4.78, 5) is 37.1. The number of ether oxygens (including phenoxy) is 9. The van der Waals surface area contributed by atoms with E-state index in [0.29, 0.717) is 0 Å². The maximum Gasteiger partial charge on any atom is 0.217 e. The summed E-state index contributed by atoms with van der Waals surface area (Å²) in [6, 6.07) is -6.30. The first-order valence-electron chi connectivity index (χ1n) is 20.5. The van der Waals surface area contributed by atoms with Crippen molar-refractivity contribution in [3.63, 3.8) is 0 Å². The predicted molar refractivity (Wildman–Crippen MR) is 202 cm³/mol. The maximum atomic E-state index is 12.6. The molecule has 5 saturated heterocycles. The molecule has 28 heteroatoms. The molecule has 0 radical (unpaired) electrons. The fourth-order valence-electron chi connectivity index (χ4n) is 8.14. The lowest BCUT2D eigenvalue weighted by Gasteiger charge is -2.50. The second-order valence-corrected chi connectivity index (χ2v) is 16.3. The Labute approximate surface area is 365 Å². The summed E-state index contributed by atoms with van der Waals surface area (Å²) < 4.78 is 52.2. The first-order chi connectivity index (χ1) is 30.1. The van der Waals surface area contributed by atoms with Crippen molar-refractivity contribution in [1.29, 1.82) is 0 Å². The van der Waals surface area contributed by atoms with Crippen LogP contribution in [0.2, 0.25) is 0 Å². The van der Waals surface area contributed by atoms with Gasteiger partial charge < -0.3 is 126 Å². The van der Waals surface area contributed by atoms with Gasteiger partial charge in [0.05, 0.1) is 38.6 Å². The molecule has 0 bridgehead atoms. The number of amides is 3. The van der Waals surface area contributed by atoms with Gasteiger partial charge in [-0.1, -0.05) is 0 Å². The van der Waals surface area contributed by atoms with E-state index in [1.54, 1.807) is 0 Å². The van der Waals surface area contributed by atoms with Gasteiger partial charge in [0.25, 0.3) is 0 Å². The monoisotopic (exact) mass is 934 g/mol. The molecule has 64 heavy (non-hydrogen) atoms. The Morgan fingerprint density at radius 2 is 0.906 bits per heavy atom. The van der Waals surface area contributed by atoms with Crippen LogP contribution in [0.4, 0.5) is 0 Å². The number of nitrogens with two attached hydrogens (primary N) is 1. The lowest BCUT2D eigenvalue weighted by Crippen LogP contribution is -2.71. The first kappa shape index (κ1) is 52.5. The van der Waals surface area contributed by atoms with Crippen LogP contribution in [-0.4, -0.2) is 259 Å². The van der Waals surface area contributed by atoms with E-state index in [2.05, 4.69) is 16.0 Å². The third-order valence-electron chi connectivity index (χ3n) is 11.5. The number of aliphatic hydroxyl groups is 12. The summed E-state index contributed by atoms with van der Waals surface area (Å²) >= 11 is 0. The lowest BCUT2D eigenvalue weighted by molar-refractivity contribution is -0.363. The van der Waals surface area contributed by atoms with Gasteiger partial charge in [-0.05, 0) is 6.92 Å². The smallest absolute Gasteiger partial charge is 0.217 e. The molecule has 25 atom stereocenters. The van der Waals surface area contributed by atoms with Gasteiger partial charge in [0.2, 0.25) is 17.7 Å². The molecule has 5 rings (SSSR count). The second kappa shape index (κ2) is 22.6. The third-order valence-corrected chi connectivity index (χ3v) is 11.5. The molecule has 17 N–H and O–H groups in total. The van der Waals surface area contributed by atoms with Crippen molar-refractivity contribution < 1.29 is 118 Å². The summed E-state index contributed by atoms with van der Waals surface area (Å²) in [5.41, 5.74) is 6.01. The minimum atomic E-state index is -1.95. The minimum absolute atomic E-state index is 0.677. The van der Waals surface area contributed by atoms with Crippen LogP contribution >= 0.6 is 0 Å². The van der Waals surface area contributed by atoms with Crippen LogP contribution in [0.3, 0.4) is 0 Å². The highest BCUT2D eigenvalue weighted by Gasteiger charge is 2.56. The van der Waals surface area contributed by atoms with Crippen LogP contribution in [0.5, 0.6) is 0 Å². The number of hydrogen-bond donors (Lipinski definition) is 16. The first-order valence-corrected chi connectivity index (χ1v) is 20.5. The van der Waals surface area contributed by atoms with Crippen LogP contribution in [0.15, 0.2) is 0 Å². The lowest BCUT2D eigenvalue weighted by atomic mass is 9.93. The van der Waals surface area contributed by atoms with E-state index < -0.39 is 197 Å². The number of aliphatic hydroxyl groups excluding tert-OH is 12. The zero-order valence-corrected chi connectivity index (χ0v) is 35.1. The summed E-state index contributed by atoms with van der Waals surface area (Å²) in [5, 5.41) is 135. The molecule has 5 aliphatic heterocycles. The molecule has 0 aliphatic carbocycles. The van der Waals surface area contributed by atoms with Crippen LogP contribution < -0.4 is 21.7 Å². The van der Waals surface area contributed by atoms with E-state index in [9.17, 15) is 75.7 Å². The van der Waals surface area contributed by atoms with Crippen LogP contribution in [-0.2, 0) is 57.0 Å². The standard InChI is InChI=1S/C36H62N4O24/c1-9-21(47)27(53)28(54)36(57-9)56-8-16-31(24(50)18(32(55)58-16)38-10(2)44)64-35-20(40-12(4)46)26(52)30(15(7-43)61-35)63-34-19(39-11(3)45)25(51)29(14(6-42)60-34)62-33-17(37)23(49)22(48)13(5-41)59-33/h9,13-36,41-43,47-55H,5-8,37H2,1-4H3,(H,38,44)(H,39,45)(H,40,46)/t9-,13+,14+,15+,16+,17+,18+,19+,20+,21+,22+,23+,24+,25+,26+,27+,28-,29+,30+,31+,32+,33-,34-,35-,36+/m0/s1. The quantitative estimate of drug-likeness (QED) is 0.0725. The van der Waals surface area contributed by atoms with Crippen LogP contribution in [0.1, 0.15) is 27.7 Å². The van der Waals surface area contributed by atoms with Gasteiger partial charge in [0.15, 0.2) is 31.5 Å². The molecule has 5 heterocycles. The third kappa shape index (κ3) is 11.6. The van der Waals surface area contributed by atoms with Gasteiger partial charge in [-0.2, -0.15) is 0 Å². The van der Waals surface area contributed by atoms with Crippen molar-refractivity contribution in [2.75, 3.05) is 26.4 Å². The van der Waals surface area contributed by atoms with Gasteiger partial charge in [-0.25, -0.2) is 0 Å². The summed E-state index contributed by atoms with van der Waals surface area (Å²) in [6.45, 7) is 1.29. The van der Waals surface area contributed by atoms with Crippen LogP contribution in [0.25, 0.3) is 0 Å². The fraction of sp³-hybridized carbons (Fsp3) is 0.917. The zero-order valence-electron chi connectivity index (χ0n) is 35.1. The van der Waals surface area contributed by atoms with E-state index in [1.807, 2.05) is 0 Å². The normalized spacial score (nSPS) is 47.7. The Morgan fingerprint density at radius 3 is 1.38 bits per heavy atom. The van der Waals surface area contributed by atoms with Gasteiger partial charge in [0.1, 0.15) is 110 Å². The zero-order chi connectivity index (χ0) is 47.5. The van der Waals surface area contributed by atoms with E-state index in [4.69, 9.17) is 48.4 Å². The molecular formula is C36H62N4O24. The molecule has 5 aliphatic rings. The summed E-state index contributed by atoms with van der Waals surface area (Å²) in [7, 11) is 0. The number of hydrogen-bond acceptors (Lipinski definition) is 25. The number of carbonyl (C=O) groups excluding carboxylic acids is 3. The molecule has 0 aromatic carbocycles. The number of nitrogens with one attached hydrogen (secondary N) is 3. The second-order valence-electron chi connectivity index (χ2n) is 16.3. The Hall–Kier alpha value is -2.47.